The van der Waals surface area contributed by atoms with E-state index in [1.54, 1.807) is 24.0 Å². The first-order valence-electron chi connectivity index (χ1n) is 13.4. The van der Waals surface area contributed by atoms with Gasteiger partial charge in [0.1, 0.15) is 11.2 Å². The molecule has 3 amide bonds. The van der Waals surface area contributed by atoms with Crippen LogP contribution in [0.4, 0.5) is 9.59 Å². The van der Waals surface area contributed by atoms with Crippen LogP contribution in [0, 0.1) is 11.8 Å². The van der Waals surface area contributed by atoms with Crippen molar-refractivity contribution in [2.45, 2.75) is 85.4 Å². The molecule has 0 aromatic rings. The van der Waals surface area contributed by atoms with Crippen LogP contribution in [0.25, 0.3) is 0 Å². The molecule has 0 aliphatic carbocycles. The van der Waals surface area contributed by atoms with Crippen molar-refractivity contribution < 1.29 is 43.3 Å². The molecular weight excluding hydrogens is 510 g/mol. The molecule has 0 aromatic carbocycles. The molecule has 0 unspecified atom stereocenters. The van der Waals surface area contributed by atoms with Gasteiger partial charge in [-0.2, -0.15) is 0 Å². The number of carboxylic acid groups (broad SMARTS) is 1. The number of aliphatic carboxylic acids is 1. The second-order valence-electron chi connectivity index (χ2n) is 11.4. The fourth-order valence-electron chi connectivity index (χ4n) is 3.62. The zero-order valence-corrected chi connectivity index (χ0v) is 25.6. The Morgan fingerprint density at radius 1 is 0.769 bits per heavy atom. The summed E-state index contributed by atoms with van der Waals surface area (Å²) in [5, 5.41) is 10.1. The number of hydrogen-bond donors (Lipinski definition) is 1. The van der Waals surface area contributed by atoms with Gasteiger partial charge in [-0.25, -0.2) is 14.7 Å². The summed E-state index contributed by atoms with van der Waals surface area (Å²) in [5.41, 5.74) is -0.985. The molecule has 39 heavy (non-hydrogen) atoms. The van der Waals surface area contributed by atoms with Gasteiger partial charge in [-0.1, -0.05) is 0 Å². The summed E-state index contributed by atoms with van der Waals surface area (Å²) in [6, 6.07) is 0. The largest absolute Gasteiger partial charge is 0.481 e. The Bertz CT molecular complexity index is 759. The lowest BCUT2D eigenvalue weighted by atomic mass is 9.96. The fraction of sp³-hybridized carbons (Fsp3) is 0.852. The van der Waals surface area contributed by atoms with E-state index in [2.05, 4.69) is 4.74 Å². The average molecular weight is 562 g/mol. The molecule has 228 valence electrons. The Morgan fingerprint density at radius 3 is 1.36 bits per heavy atom. The van der Waals surface area contributed by atoms with Gasteiger partial charge in [0, 0.05) is 52.9 Å². The molecule has 12 heteroatoms. The maximum atomic E-state index is 11.9. The van der Waals surface area contributed by atoms with Crippen molar-refractivity contribution in [2.24, 2.45) is 11.8 Å². The van der Waals surface area contributed by atoms with Crippen molar-refractivity contribution in [3.63, 3.8) is 0 Å². The van der Waals surface area contributed by atoms with Gasteiger partial charge in [-0.15, -0.1) is 0 Å². The van der Waals surface area contributed by atoms with E-state index in [1.807, 2.05) is 48.5 Å². The maximum Gasteiger partial charge on any atom is 0.410 e. The number of methoxy groups -OCH3 is 1. The molecule has 2 aliphatic heterocycles. The minimum atomic E-state index is -0.774. The lowest BCUT2D eigenvalue weighted by molar-refractivity contribution is -0.174. The number of carbonyl (C=O) groups is 4. The number of hydrogen-bond acceptors (Lipinski definition) is 8. The summed E-state index contributed by atoms with van der Waals surface area (Å²) >= 11 is 0. The first-order valence-corrected chi connectivity index (χ1v) is 13.4. The highest BCUT2D eigenvalue weighted by atomic mass is 16.7. The standard InChI is InChI=1S/C13H24N2O4.C11H19NO4.C3H8O/c1-13(2,3)19-12(17)15-8-6-10(7-9-15)11(16)14(4)18-5;1-11(2,3)16-10(15)12-6-4-8(5-7-12)9(13)14;1-3-4-2/h10H,6-9H2,1-5H3;8H,4-7H2,1-3H3,(H,13,14);3H2,1-2H3. The molecular formula is C27H51N3O9. The second-order valence-corrected chi connectivity index (χ2v) is 11.4. The van der Waals surface area contributed by atoms with Crippen molar-refractivity contribution in [1.29, 1.82) is 0 Å². The predicted octanol–water partition coefficient (Wildman–Crippen LogP) is 4.02. The van der Waals surface area contributed by atoms with Crippen molar-refractivity contribution in [2.75, 3.05) is 54.1 Å². The highest BCUT2D eigenvalue weighted by Crippen LogP contribution is 2.22. The van der Waals surface area contributed by atoms with Gasteiger partial charge in [0.25, 0.3) is 0 Å². The molecule has 2 saturated heterocycles. The summed E-state index contributed by atoms with van der Waals surface area (Å²) < 4.78 is 15.1. The molecule has 2 rings (SSSR count). The van der Waals surface area contributed by atoms with Crippen molar-refractivity contribution in [1.82, 2.24) is 14.9 Å². The number of carbonyl (C=O) groups excluding carboxylic acids is 3. The third-order valence-corrected chi connectivity index (χ3v) is 5.86. The van der Waals surface area contributed by atoms with Crippen LogP contribution in [0.5, 0.6) is 0 Å². The van der Waals surface area contributed by atoms with Crippen LogP contribution in [-0.4, -0.2) is 109 Å². The summed E-state index contributed by atoms with van der Waals surface area (Å²) in [7, 11) is 4.75. The Hall–Kier alpha value is -2.60. The molecule has 0 atom stereocenters. The normalized spacial score (nSPS) is 16.7. The number of likely N-dealkylation sites (tertiary alicyclic amines) is 2. The molecule has 12 nitrogen and oxygen atoms in total. The van der Waals surface area contributed by atoms with Gasteiger partial charge in [0.05, 0.1) is 13.0 Å². The summed E-state index contributed by atoms with van der Waals surface area (Å²) in [6.45, 7) is 15.8. The second kappa shape index (κ2) is 17.2. The van der Waals surface area contributed by atoms with E-state index in [4.69, 9.17) is 19.4 Å². The van der Waals surface area contributed by atoms with Crippen molar-refractivity contribution >= 4 is 24.1 Å². The summed E-state index contributed by atoms with van der Waals surface area (Å²) in [6.07, 6.45) is 1.65. The Labute approximate surface area is 233 Å². The van der Waals surface area contributed by atoms with E-state index < -0.39 is 17.2 Å². The van der Waals surface area contributed by atoms with E-state index in [0.717, 1.165) is 6.61 Å². The Kier molecular flexibility index (Phi) is 16.0. The molecule has 1 N–H and O–H groups in total. The number of piperidine rings is 2. The number of amides is 3. The number of carboxylic acids is 1. The van der Waals surface area contributed by atoms with Crippen LogP contribution < -0.4 is 0 Å². The van der Waals surface area contributed by atoms with E-state index in [1.165, 1.54) is 12.2 Å². The maximum absolute atomic E-state index is 11.9. The van der Waals surface area contributed by atoms with Crippen LogP contribution in [0.3, 0.4) is 0 Å². The van der Waals surface area contributed by atoms with Crippen LogP contribution in [0.2, 0.25) is 0 Å². The van der Waals surface area contributed by atoms with Crippen LogP contribution in [0.15, 0.2) is 0 Å². The molecule has 2 fully saturated rings. The highest BCUT2D eigenvalue weighted by molar-refractivity contribution is 5.78. The zero-order chi connectivity index (χ0) is 30.4. The fourth-order valence-corrected chi connectivity index (χ4v) is 3.62. The number of nitrogens with zero attached hydrogens (tertiary/aromatic N) is 3. The zero-order valence-electron chi connectivity index (χ0n) is 25.6. The molecule has 0 aromatic heterocycles. The molecule has 0 bridgehead atoms. The SMILES string of the molecule is CC(C)(C)OC(=O)N1CCC(C(=O)O)CC1.CCOC.CON(C)C(=O)C1CCN(C(=O)OC(C)(C)C)CC1. The quantitative estimate of drug-likeness (QED) is 0.505. The highest BCUT2D eigenvalue weighted by Gasteiger charge is 2.32. The molecule has 0 saturated carbocycles. The average Bonchev–Trinajstić information content (AvgIpc) is 2.86. The Balaban J connectivity index is 0.000000658. The smallest absolute Gasteiger partial charge is 0.410 e. The van der Waals surface area contributed by atoms with Gasteiger partial charge >= 0.3 is 18.2 Å². The third-order valence-electron chi connectivity index (χ3n) is 5.86. The van der Waals surface area contributed by atoms with Crippen LogP contribution in [-0.2, 0) is 28.6 Å². The lowest BCUT2D eigenvalue weighted by Gasteiger charge is -2.33. The minimum Gasteiger partial charge on any atom is -0.481 e. The molecule has 0 radical (unpaired) electrons. The van der Waals surface area contributed by atoms with E-state index in [9.17, 15) is 19.2 Å². The van der Waals surface area contributed by atoms with Crippen molar-refractivity contribution in [3.8, 4) is 0 Å². The first-order chi connectivity index (χ1) is 17.9. The Morgan fingerprint density at radius 2 is 1.10 bits per heavy atom. The number of hydroxylamine groups is 2. The van der Waals surface area contributed by atoms with E-state index in [-0.39, 0.29) is 29.9 Å². The monoisotopic (exact) mass is 561 g/mol. The topological polar surface area (TPSA) is 135 Å². The lowest BCUT2D eigenvalue weighted by Crippen LogP contribution is -2.45. The summed E-state index contributed by atoms with van der Waals surface area (Å²) in [5.74, 6) is -1.21. The van der Waals surface area contributed by atoms with Gasteiger partial charge in [0.15, 0.2) is 0 Å². The molecule has 2 aliphatic rings. The molecule has 2 heterocycles. The summed E-state index contributed by atoms with van der Waals surface area (Å²) in [4.78, 5) is 54.2. The van der Waals surface area contributed by atoms with Gasteiger partial charge in [-0.3, -0.25) is 14.4 Å². The van der Waals surface area contributed by atoms with E-state index >= 15 is 0 Å². The van der Waals surface area contributed by atoms with Crippen LogP contribution in [0.1, 0.15) is 74.1 Å². The third kappa shape index (κ3) is 15.5. The van der Waals surface area contributed by atoms with Gasteiger partial charge in [0.2, 0.25) is 5.91 Å². The molecule has 0 spiro atoms. The van der Waals surface area contributed by atoms with Crippen LogP contribution >= 0.6 is 0 Å². The number of ether oxygens (including phenoxy) is 3. The van der Waals surface area contributed by atoms with E-state index in [0.29, 0.717) is 51.9 Å². The minimum absolute atomic E-state index is 0.0358. The predicted molar refractivity (Wildman–Crippen MR) is 146 cm³/mol. The van der Waals surface area contributed by atoms with Crippen molar-refractivity contribution in [3.05, 3.63) is 0 Å². The van der Waals surface area contributed by atoms with Gasteiger partial charge in [-0.05, 0) is 74.1 Å². The number of rotatable bonds is 4. The first kappa shape index (κ1) is 36.4. The van der Waals surface area contributed by atoms with Gasteiger partial charge < -0.3 is 29.1 Å².